The molecule has 1 saturated carbocycles. The summed E-state index contributed by atoms with van der Waals surface area (Å²) in [4.78, 5) is 16.8. The zero-order valence-electron chi connectivity index (χ0n) is 16.4. The van der Waals surface area contributed by atoms with Crippen LogP contribution in [-0.4, -0.2) is 48.0 Å². The van der Waals surface area contributed by atoms with Gasteiger partial charge in [0, 0.05) is 36.9 Å². The molecule has 1 aliphatic heterocycles. The van der Waals surface area contributed by atoms with Crippen LogP contribution in [0.15, 0.2) is 18.3 Å². The molecule has 3 rings (SSSR count). The summed E-state index contributed by atoms with van der Waals surface area (Å²) >= 11 is 0. The Morgan fingerprint density at radius 1 is 1.22 bits per heavy atom. The molecule has 6 nitrogen and oxygen atoms in total. The molecule has 1 saturated heterocycles. The number of carbonyl (C=O) groups is 1. The highest BCUT2D eigenvalue weighted by atomic mass is 32.2. The van der Waals surface area contributed by atoms with Crippen molar-refractivity contribution in [1.82, 2.24) is 14.6 Å². The quantitative estimate of drug-likeness (QED) is 0.805. The van der Waals surface area contributed by atoms with E-state index in [1.165, 1.54) is 12.8 Å². The molecule has 0 aromatic carbocycles. The Kier molecular flexibility index (Phi) is 6.52. The molecule has 1 aromatic heterocycles. The number of piperidine rings is 1. The van der Waals surface area contributed by atoms with Crippen LogP contribution in [0, 0.1) is 0 Å². The monoisotopic (exact) mass is 393 g/mol. The van der Waals surface area contributed by atoms with Gasteiger partial charge in [-0.15, -0.1) is 0 Å². The van der Waals surface area contributed by atoms with E-state index in [4.69, 9.17) is 0 Å². The highest BCUT2D eigenvalue weighted by Gasteiger charge is 2.32. The molecular formula is C20H31N3O3S. The van der Waals surface area contributed by atoms with Crippen molar-refractivity contribution in [3.05, 3.63) is 29.6 Å². The van der Waals surface area contributed by atoms with Crippen molar-refractivity contribution in [2.75, 3.05) is 13.1 Å². The molecule has 1 amide bonds. The summed E-state index contributed by atoms with van der Waals surface area (Å²) in [5, 5.41) is 2.75. The first-order valence-electron chi connectivity index (χ1n) is 10.2. The lowest BCUT2D eigenvalue weighted by Gasteiger charge is -2.32. The van der Waals surface area contributed by atoms with Gasteiger partial charge in [-0.05, 0) is 51.2 Å². The minimum atomic E-state index is -3.19. The fraction of sp³-hybridized carbons (Fsp3) is 0.700. The zero-order valence-corrected chi connectivity index (χ0v) is 17.2. The fourth-order valence-corrected chi connectivity index (χ4v) is 5.64. The molecule has 27 heavy (non-hydrogen) atoms. The van der Waals surface area contributed by atoms with Crippen molar-refractivity contribution in [3.8, 4) is 0 Å². The lowest BCUT2D eigenvalue weighted by molar-refractivity contribution is 0.0937. The van der Waals surface area contributed by atoms with E-state index in [1.54, 1.807) is 17.4 Å². The second-order valence-corrected chi connectivity index (χ2v) is 10.2. The minimum absolute atomic E-state index is 0.0459. The van der Waals surface area contributed by atoms with E-state index in [2.05, 4.69) is 10.3 Å². The van der Waals surface area contributed by atoms with Crippen molar-refractivity contribution in [1.29, 1.82) is 0 Å². The number of nitrogens with one attached hydrogen (secondary N) is 1. The maximum Gasteiger partial charge on any atom is 0.253 e. The fourth-order valence-electron chi connectivity index (χ4n) is 3.99. The SMILES string of the molecule is CCC(C)S(=O)(=O)N1CCC(c2ccc(C(=O)NC3CCCC3)cn2)CC1. The Labute approximate surface area is 162 Å². The van der Waals surface area contributed by atoms with E-state index in [0.717, 1.165) is 31.4 Å². The van der Waals surface area contributed by atoms with E-state index < -0.39 is 10.0 Å². The van der Waals surface area contributed by atoms with Gasteiger partial charge in [0.25, 0.3) is 5.91 Å². The summed E-state index contributed by atoms with van der Waals surface area (Å²) in [5.41, 5.74) is 1.55. The van der Waals surface area contributed by atoms with Crippen molar-refractivity contribution >= 4 is 15.9 Å². The van der Waals surface area contributed by atoms with Gasteiger partial charge in [0.2, 0.25) is 10.0 Å². The average Bonchev–Trinajstić information content (AvgIpc) is 3.20. The molecule has 2 fully saturated rings. The first kappa shape index (κ1) is 20.3. The van der Waals surface area contributed by atoms with Crippen molar-refractivity contribution < 1.29 is 13.2 Å². The number of sulfonamides is 1. The second-order valence-electron chi connectivity index (χ2n) is 7.86. The van der Waals surface area contributed by atoms with Gasteiger partial charge in [0.1, 0.15) is 0 Å². The number of hydrogen-bond acceptors (Lipinski definition) is 4. The van der Waals surface area contributed by atoms with Gasteiger partial charge in [-0.25, -0.2) is 12.7 Å². The van der Waals surface area contributed by atoms with Gasteiger partial charge in [-0.3, -0.25) is 9.78 Å². The third kappa shape index (κ3) is 4.69. The molecule has 1 atom stereocenters. The third-order valence-corrected chi connectivity index (χ3v) is 8.49. The molecule has 1 N–H and O–H groups in total. The lowest BCUT2D eigenvalue weighted by Crippen LogP contribution is -2.42. The molecular weight excluding hydrogens is 362 g/mol. The molecule has 0 spiro atoms. The van der Waals surface area contributed by atoms with Crippen molar-refractivity contribution in [2.24, 2.45) is 0 Å². The van der Waals surface area contributed by atoms with Crippen molar-refractivity contribution in [3.63, 3.8) is 0 Å². The van der Waals surface area contributed by atoms with Crippen LogP contribution in [0.1, 0.15) is 80.8 Å². The smallest absolute Gasteiger partial charge is 0.253 e. The van der Waals surface area contributed by atoms with Crippen LogP contribution in [0.25, 0.3) is 0 Å². The zero-order chi connectivity index (χ0) is 19.4. The predicted octanol–water partition coefficient (Wildman–Crippen LogP) is 3.06. The molecule has 150 valence electrons. The average molecular weight is 394 g/mol. The summed E-state index contributed by atoms with van der Waals surface area (Å²) in [6.45, 7) is 4.77. The molecule has 1 aromatic rings. The van der Waals surface area contributed by atoms with Crippen LogP contribution in [0.5, 0.6) is 0 Å². The van der Waals surface area contributed by atoms with Crippen LogP contribution < -0.4 is 5.32 Å². The molecule has 7 heteroatoms. The Hall–Kier alpha value is -1.47. The van der Waals surface area contributed by atoms with Gasteiger partial charge in [0.05, 0.1) is 10.8 Å². The molecule has 1 aliphatic carbocycles. The van der Waals surface area contributed by atoms with Gasteiger partial charge < -0.3 is 5.32 Å². The third-order valence-electron chi connectivity index (χ3n) is 6.05. The maximum absolute atomic E-state index is 12.5. The van der Waals surface area contributed by atoms with Crippen LogP contribution in [0.4, 0.5) is 0 Å². The number of aromatic nitrogens is 1. The highest BCUT2D eigenvalue weighted by Crippen LogP contribution is 2.29. The summed E-state index contributed by atoms with van der Waals surface area (Å²) in [5.74, 6) is 0.204. The second kappa shape index (κ2) is 8.69. The van der Waals surface area contributed by atoms with Crippen LogP contribution in [-0.2, 0) is 10.0 Å². The molecule has 2 aliphatic rings. The van der Waals surface area contributed by atoms with Gasteiger partial charge in [-0.2, -0.15) is 0 Å². The first-order chi connectivity index (χ1) is 12.9. The minimum Gasteiger partial charge on any atom is -0.349 e. The number of rotatable bonds is 6. The standard InChI is InChI=1S/C20H31N3O3S/c1-3-15(2)27(25,26)23-12-10-16(11-13-23)19-9-8-17(14-21-19)20(24)22-18-6-4-5-7-18/h8-9,14-16,18H,3-7,10-13H2,1-2H3,(H,22,24). The summed E-state index contributed by atoms with van der Waals surface area (Å²) in [7, 11) is -3.19. The number of amides is 1. The molecule has 1 unspecified atom stereocenters. The van der Waals surface area contributed by atoms with Gasteiger partial charge in [0.15, 0.2) is 0 Å². The van der Waals surface area contributed by atoms with E-state index in [9.17, 15) is 13.2 Å². The Morgan fingerprint density at radius 3 is 2.44 bits per heavy atom. The Balaban J connectivity index is 1.56. The number of carbonyl (C=O) groups excluding carboxylic acids is 1. The summed E-state index contributed by atoms with van der Waals surface area (Å²) in [6.07, 6.45) is 8.34. The van der Waals surface area contributed by atoms with Crippen LogP contribution >= 0.6 is 0 Å². The number of hydrogen-bond donors (Lipinski definition) is 1. The Bertz CT molecular complexity index is 734. The number of nitrogens with zero attached hydrogens (tertiary/aromatic N) is 2. The molecule has 0 radical (unpaired) electrons. The van der Waals surface area contributed by atoms with Crippen molar-refractivity contribution in [2.45, 2.75) is 76.0 Å². The lowest BCUT2D eigenvalue weighted by atomic mass is 9.94. The van der Waals surface area contributed by atoms with Gasteiger partial charge >= 0.3 is 0 Å². The van der Waals surface area contributed by atoms with E-state index in [1.807, 2.05) is 19.1 Å². The maximum atomic E-state index is 12.5. The van der Waals surface area contributed by atoms with Crippen LogP contribution in [0.2, 0.25) is 0 Å². The normalized spacial score (nSPS) is 21.3. The predicted molar refractivity (Wildman–Crippen MR) is 106 cm³/mol. The number of pyridine rings is 1. The topological polar surface area (TPSA) is 79.4 Å². The van der Waals surface area contributed by atoms with E-state index in [-0.39, 0.29) is 17.1 Å². The Morgan fingerprint density at radius 2 is 1.89 bits per heavy atom. The van der Waals surface area contributed by atoms with E-state index >= 15 is 0 Å². The van der Waals surface area contributed by atoms with Crippen LogP contribution in [0.3, 0.4) is 0 Å². The first-order valence-corrected chi connectivity index (χ1v) is 11.7. The summed E-state index contributed by atoms with van der Waals surface area (Å²) < 4.78 is 26.6. The molecule has 0 bridgehead atoms. The summed E-state index contributed by atoms with van der Waals surface area (Å²) in [6, 6.07) is 4.07. The molecule has 2 heterocycles. The highest BCUT2D eigenvalue weighted by molar-refractivity contribution is 7.89. The largest absolute Gasteiger partial charge is 0.349 e. The van der Waals surface area contributed by atoms with Gasteiger partial charge in [-0.1, -0.05) is 19.8 Å². The van der Waals surface area contributed by atoms with E-state index in [0.29, 0.717) is 31.1 Å².